The third-order valence-electron chi connectivity index (χ3n) is 2.98. The van der Waals surface area contributed by atoms with Crippen molar-refractivity contribution in [1.29, 1.82) is 0 Å². The van der Waals surface area contributed by atoms with Crippen molar-refractivity contribution in [1.82, 2.24) is 10.0 Å². The van der Waals surface area contributed by atoms with Gasteiger partial charge in [-0.05, 0) is 24.3 Å². The zero-order valence-electron chi connectivity index (χ0n) is 10.2. The van der Waals surface area contributed by atoms with Crippen molar-refractivity contribution in [2.45, 2.75) is 0 Å². The van der Waals surface area contributed by atoms with E-state index in [0.717, 1.165) is 0 Å². The fourth-order valence-corrected chi connectivity index (χ4v) is 1.91. The Morgan fingerprint density at radius 3 is 1.42 bits per heavy atom. The van der Waals surface area contributed by atoms with E-state index < -0.39 is 0 Å². The van der Waals surface area contributed by atoms with E-state index in [1.54, 1.807) is 48.5 Å². The maximum absolute atomic E-state index is 12.1. The van der Waals surface area contributed by atoms with Gasteiger partial charge in [-0.2, -0.15) is 0 Å². The van der Waals surface area contributed by atoms with Crippen LogP contribution in [0, 0.1) is 0 Å². The molecule has 0 saturated carbocycles. The van der Waals surface area contributed by atoms with E-state index in [-0.39, 0.29) is 11.8 Å². The largest absolute Gasteiger partial charge is 0.274 e. The molecule has 0 atom stereocenters. The molecule has 4 nitrogen and oxygen atoms in total. The van der Waals surface area contributed by atoms with Crippen molar-refractivity contribution in [2.24, 2.45) is 0 Å². The van der Waals surface area contributed by atoms with E-state index in [1.807, 2.05) is 12.1 Å². The quantitative estimate of drug-likeness (QED) is 0.768. The maximum atomic E-state index is 12.1. The van der Waals surface area contributed by atoms with Gasteiger partial charge in [0.1, 0.15) is 6.67 Å². The first-order valence-corrected chi connectivity index (χ1v) is 6.01. The zero-order valence-corrected chi connectivity index (χ0v) is 10.2. The number of rotatable bonds is 2. The van der Waals surface area contributed by atoms with Gasteiger partial charge in [0.25, 0.3) is 11.8 Å². The normalized spacial score (nSPS) is 13.3. The van der Waals surface area contributed by atoms with E-state index >= 15 is 0 Å². The molecule has 0 bridgehead atoms. The van der Waals surface area contributed by atoms with Gasteiger partial charge in [0.2, 0.25) is 0 Å². The monoisotopic (exact) mass is 252 g/mol. The van der Waals surface area contributed by atoms with Crippen LogP contribution >= 0.6 is 0 Å². The van der Waals surface area contributed by atoms with Gasteiger partial charge in [-0.3, -0.25) is 9.59 Å². The Kier molecular flexibility index (Phi) is 2.76. The van der Waals surface area contributed by atoms with E-state index in [1.165, 1.54) is 10.0 Å². The van der Waals surface area contributed by atoms with Gasteiger partial charge in [0.05, 0.1) is 0 Å². The predicted molar refractivity (Wildman–Crippen MR) is 70.1 cm³/mol. The third kappa shape index (κ3) is 2.20. The van der Waals surface area contributed by atoms with Gasteiger partial charge in [0, 0.05) is 11.1 Å². The fourth-order valence-electron chi connectivity index (χ4n) is 1.91. The van der Waals surface area contributed by atoms with Crippen molar-refractivity contribution in [2.75, 3.05) is 6.67 Å². The molecule has 0 N–H and O–H groups in total. The Labute approximate surface area is 110 Å². The molecule has 2 amide bonds. The first-order valence-electron chi connectivity index (χ1n) is 6.01. The molecule has 0 aromatic heterocycles. The second-order valence-corrected chi connectivity index (χ2v) is 4.28. The topological polar surface area (TPSA) is 40.2 Å². The highest BCUT2D eigenvalue weighted by atomic mass is 16.2. The first kappa shape index (κ1) is 11.5. The molecule has 0 radical (unpaired) electrons. The van der Waals surface area contributed by atoms with Crippen molar-refractivity contribution in [3.63, 3.8) is 0 Å². The van der Waals surface area contributed by atoms with Crippen LogP contribution in [-0.2, 0) is 0 Å². The van der Waals surface area contributed by atoms with Crippen LogP contribution in [0.3, 0.4) is 0 Å². The average Bonchev–Trinajstić information content (AvgIpc) is 3.28. The molecule has 19 heavy (non-hydrogen) atoms. The van der Waals surface area contributed by atoms with Crippen molar-refractivity contribution in [3.05, 3.63) is 71.8 Å². The van der Waals surface area contributed by atoms with Crippen LogP contribution in [0.15, 0.2) is 60.7 Å². The van der Waals surface area contributed by atoms with Crippen molar-refractivity contribution < 1.29 is 9.59 Å². The molecule has 1 aliphatic heterocycles. The average molecular weight is 252 g/mol. The molecule has 1 heterocycles. The van der Waals surface area contributed by atoms with E-state index in [4.69, 9.17) is 0 Å². The van der Waals surface area contributed by atoms with Crippen molar-refractivity contribution >= 4 is 11.8 Å². The van der Waals surface area contributed by atoms with Crippen LogP contribution in [0.1, 0.15) is 20.7 Å². The molecule has 1 aliphatic rings. The van der Waals surface area contributed by atoms with Crippen LogP contribution in [0.5, 0.6) is 0 Å². The number of nitrogens with zero attached hydrogens (tertiary/aromatic N) is 2. The maximum Gasteiger partial charge on any atom is 0.274 e. The highest BCUT2D eigenvalue weighted by molar-refractivity contribution is 6.01. The molecular formula is C15H12N2O2. The van der Waals surface area contributed by atoms with Gasteiger partial charge in [-0.25, -0.2) is 10.0 Å². The Balaban J connectivity index is 1.72. The minimum absolute atomic E-state index is 0.148. The number of hydrogen-bond acceptors (Lipinski definition) is 2. The molecule has 0 unspecified atom stereocenters. The molecule has 0 aliphatic carbocycles. The Morgan fingerprint density at radius 2 is 1.05 bits per heavy atom. The summed E-state index contributed by atoms with van der Waals surface area (Å²) in [6.07, 6.45) is 0. The molecule has 2 aromatic carbocycles. The second-order valence-electron chi connectivity index (χ2n) is 4.28. The fraction of sp³-hybridized carbons (Fsp3) is 0.0667. The van der Waals surface area contributed by atoms with Crippen molar-refractivity contribution in [3.8, 4) is 0 Å². The van der Waals surface area contributed by atoms with Crippen LogP contribution in [0.2, 0.25) is 0 Å². The predicted octanol–water partition coefficient (Wildman–Crippen LogP) is 2.16. The summed E-state index contributed by atoms with van der Waals surface area (Å²) in [5.41, 5.74) is 1.18. The number of carbonyl (C=O) groups is 2. The summed E-state index contributed by atoms with van der Waals surface area (Å²) in [5, 5.41) is 2.87. The minimum atomic E-state index is -0.148. The summed E-state index contributed by atoms with van der Waals surface area (Å²) in [7, 11) is 0. The van der Waals surface area contributed by atoms with E-state index in [0.29, 0.717) is 17.8 Å². The van der Waals surface area contributed by atoms with Gasteiger partial charge >= 0.3 is 0 Å². The number of carbonyl (C=O) groups excluding carboxylic acids is 2. The molecule has 3 rings (SSSR count). The smallest absolute Gasteiger partial charge is 0.267 e. The minimum Gasteiger partial charge on any atom is -0.267 e. The summed E-state index contributed by atoms with van der Waals surface area (Å²) >= 11 is 0. The summed E-state index contributed by atoms with van der Waals surface area (Å²) in [6, 6.07) is 17.9. The number of benzene rings is 2. The molecule has 4 heteroatoms. The lowest BCUT2D eigenvalue weighted by Gasteiger charge is -2.05. The molecule has 0 spiro atoms. The Hall–Kier alpha value is -2.62. The molecule has 1 fully saturated rings. The summed E-state index contributed by atoms with van der Waals surface area (Å²) in [5.74, 6) is -0.297. The number of hydrazine groups is 1. The standard InChI is InChI=1S/C15H12N2O2/c18-14(12-7-3-1-4-8-12)16-11-17(16)15(19)13-9-5-2-6-10-13/h1-10H,11H2. The lowest BCUT2D eigenvalue weighted by atomic mass is 10.2. The molecule has 1 saturated heterocycles. The van der Waals surface area contributed by atoms with E-state index in [2.05, 4.69) is 0 Å². The van der Waals surface area contributed by atoms with Crippen LogP contribution in [0.25, 0.3) is 0 Å². The third-order valence-corrected chi connectivity index (χ3v) is 2.98. The van der Waals surface area contributed by atoms with Gasteiger partial charge in [-0.15, -0.1) is 0 Å². The molecule has 2 aromatic rings. The van der Waals surface area contributed by atoms with Crippen LogP contribution in [-0.4, -0.2) is 28.5 Å². The van der Waals surface area contributed by atoms with E-state index in [9.17, 15) is 9.59 Å². The lowest BCUT2D eigenvalue weighted by molar-refractivity contribution is 0.0697. The second kappa shape index (κ2) is 4.57. The Bertz CT molecular complexity index is 555. The molecular weight excluding hydrogens is 240 g/mol. The number of hydrogen-bond donors (Lipinski definition) is 0. The van der Waals surface area contributed by atoms with Crippen LogP contribution in [0.4, 0.5) is 0 Å². The SMILES string of the molecule is O=C(c1ccccc1)N1CN1C(=O)c1ccccc1. The first-order chi connectivity index (χ1) is 9.27. The highest BCUT2D eigenvalue weighted by Crippen LogP contribution is 2.22. The number of amides is 2. The summed E-state index contributed by atoms with van der Waals surface area (Å²) in [4.78, 5) is 24.2. The summed E-state index contributed by atoms with van der Waals surface area (Å²) < 4.78 is 0. The van der Waals surface area contributed by atoms with Gasteiger partial charge in [0.15, 0.2) is 0 Å². The molecule has 94 valence electrons. The zero-order chi connectivity index (χ0) is 13.2. The lowest BCUT2D eigenvalue weighted by Crippen LogP contribution is -2.21. The summed E-state index contributed by atoms with van der Waals surface area (Å²) in [6.45, 7) is 0.349. The van der Waals surface area contributed by atoms with Gasteiger partial charge < -0.3 is 0 Å². The Morgan fingerprint density at radius 1 is 0.684 bits per heavy atom. The van der Waals surface area contributed by atoms with Gasteiger partial charge in [-0.1, -0.05) is 36.4 Å². The van der Waals surface area contributed by atoms with Crippen LogP contribution < -0.4 is 0 Å². The highest BCUT2D eigenvalue weighted by Gasteiger charge is 2.41.